The molecule has 1 aliphatic heterocycles. The van der Waals surface area contributed by atoms with E-state index in [1.807, 2.05) is 6.92 Å². The molecule has 8 heavy (non-hydrogen) atoms. The monoisotopic (exact) mass is 228 g/mol. The Morgan fingerprint density at radius 2 is 2.12 bits per heavy atom. The van der Waals surface area contributed by atoms with Crippen LogP contribution in [0.15, 0.2) is 0 Å². The number of alkyl halides is 1. The van der Waals surface area contributed by atoms with Gasteiger partial charge in [-0.2, -0.15) is 0 Å². The van der Waals surface area contributed by atoms with Crippen molar-refractivity contribution in [3.05, 3.63) is 0 Å². The molecule has 0 saturated carbocycles. The van der Waals surface area contributed by atoms with Gasteiger partial charge in [-0.1, -0.05) is 0 Å². The van der Waals surface area contributed by atoms with Crippen molar-refractivity contribution in [2.45, 2.75) is 12.5 Å². The second-order valence-corrected chi connectivity index (χ2v) is 4.77. The van der Waals surface area contributed by atoms with Crippen molar-refractivity contribution >= 4 is 0 Å². The quantitative estimate of drug-likeness (QED) is 0.288. The van der Waals surface area contributed by atoms with E-state index in [9.17, 15) is 5.11 Å². The van der Waals surface area contributed by atoms with Crippen molar-refractivity contribution < 1.29 is 26.6 Å². The van der Waals surface area contributed by atoms with Crippen LogP contribution in [0.25, 0.3) is 0 Å². The Bertz CT molecular complexity index is 86.4. The first-order valence-corrected chi connectivity index (χ1v) is 5.73. The van der Waals surface area contributed by atoms with Gasteiger partial charge >= 0.3 is 60.2 Å². The predicted molar refractivity (Wildman–Crippen MR) is 28.1 cm³/mol. The Morgan fingerprint density at radius 1 is 1.62 bits per heavy atom. The van der Waals surface area contributed by atoms with E-state index in [2.05, 4.69) is 8.04 Å². The number of hydrogen-bond acceptors (Lipinski definition) is 2. The maximum absolute atomic E-state index is 9.19. The van der Waals surface area contributed by atoms with Gasteiger partial charge in [0, 0.05) is 0 Å². The van der Waals surface area contributed by atoms with Gasteiger partial charge in [0.1, 0.15) is 0 Å². The van der Waals surface area contributed by atoms with Crippen LogP contribution in [-0.4, -0.2) is 31.8 Å². The van der Waals surface area contributed by atoms with Crippen LogP contribution in [-0.2, 0) is 0 Å². The molecule has 0 amide bonds. The summed E-state index contributed by atoms with van der Waals surface area (Å²) in [4.78, 5) is 2.22. The van der Waals surface area contributed by atoms with Gasteiger partial charge in [0.25, 0.3) is 0 Å². The topological polar surface area (TPSA) is 23.5 Å². The van der Waals surface area contributed by atoms with Gasteiger partial charge in [-0.05, 0) is 0 Å². The third kappa shape index (κ3) is 1.33. The van der Waals surface area contributed by atoms with Gasteiger partial charge in [0.15, 0.2) is 0 Å². The molecule has 1 aliphatic rings. The third-order valence-corrected chi connectivity index (χ3v) is 3.31. The second kappa shape index (κ2) is 2.11. The summed E-state index contributed by atoms with van der Waals surface area (Å²) in [5, 5.41) is 9.19. The minimum atomic E-state index is -0.351. The first-order chi connectivity index (χ1) is 3.64. The van der Waals surface area contributed by atoms with E-state index in [0.717, 1.165) is 13.1 Å². The molecule has 1 saturated heterocycles. The Morgan fingerprint density at radius 3 is 2.25 bits per heavy atom. The number of hydrogen-bond donors (Lipinski definition) is 1. The molecule has 0 radical (unpaired) electrons. The molecule has 0 aromatic rings. The van der Waals surface area contributed by atoms with Crippen molar-refractivity contribution in [2.75, 3.05) is 18.0 Å². The van der Waals surface area contributed by atoms with Gasteiger partial charge < -0.3 is 0 Å². The Labute approximate surface area is 60.5 Å². The molecule has 0 bridgehead atoms. The Balaban J connectivity index is 2.21. The van der Waals surface area contributed by atoms with Gasteiger partial charge in [0.2, 0.25) is 0 Å². The number of β-amino-alcohol motifs (C(OH)–C–C–N with tert-alkyl or cyclic N) is 1. The van der Waals surface area contributed by atoms with Crippen LogP contribution in [0.2, 0.25) is 0 Å². The van der Waals surface area contributed by atoms with Gasteiger partial charge in [0.05, 0.1) is 0 Å². The molecule has 0 atom stereocenters. The number of rotatable bonds is 1. The van der Waals surface area contributed by atoms with Crippen LogP contribution in [0, 0.1) is 0 Å². The van der Waals surface area contributed by atoms with Gasteiger partial charge in [-0.3, -0.25) is 0 Å². The predicted octanol–water partition coefficient (Wildman–Crippen LogP) is -3.31. The molecule has 0 aromatic heterocycles. The molecule has 0 aliphatic carbocycles. The average molecular weight is 228 g/mol. The fourth-order valence-corrected chi connectivity index (χ4v) is 2.96. The summed E-state index contributed by atoms with van der Waals surface area (Å²) in [5.41, 5.74) is -0.351. The van der Waals surface area contributed by atoms with Crippen molar-refractivity contribution in [3.63, 3.8) is 0 Å². The Kier molecular flexibility index (Phi) is 1.79. The second-order valence-electron chi connectivity index (χ2n) is 2.44. The molecule has 2 nitrogen and oxygen atoms in total. The zero-order valence-electron chi connectivity index (χ0n) is 5.19. The molecule has 0 unspecified atom stereocenters. The van der Waals surface area contributed by atoms with Gasteiger partial charge in [-0.15, -0.1) is 0 Å². The van der Waals surface area contributed by atoms with Crippen LogP contribution in [0.4, 0.5) is 0 Å². The zero-order valence-corrected chi connectivity index (χ0v) is 7.34. The van der Waals surface area contributed by atoms with Crippen LogP contribution in [0.3, 0.4) is 0 Å². The maximum atomic E-state index is 9.19. The fourth-order valence-electron chi connectivity index (χ4n) is 0.812. The summed E-state index contributed by atoms with van der Waals surface area (Å²) < 4.78 is 2.32. The zero-order chi connectivity index (χ0) is 6.20. The van der Waals surface area contributed by atoms with Crippen molar-refractivity contribution in [1.29, 1.82) is 0 Å². The molecule has 1 rings (SSSR count). The summed E-state index contributed by atoms with van der Waals surface area (Å²) in [7, 11) is 0. The minimum absolute atomic E-state index is 0.245. The molecule has 0 spiro atoms. The summed E-state index contributed by atoms with van der Waals surface area (Å²) >= 11 is 0.245. The summed E-state index contributed by atoms with van der Waals surface area (Å²) in [5.74, 6) is 0. The molecule has 50 valence electrons. The van der Waals surface area contributed by atoms with Crippen molar-refractivity contribution in [3.8, 4) is 0 Å². The number of aliphatic hydroxyl groups is 1. The van der Waals surface area contributed by atoms with E-state index in [1.54, 1.807) is 0 Å². The normalized spacial score (nSPS) is 27.9. The van der Waals surface area contributed by atoms with Crippen molar-refractivity contribution in [2.24, 2.45) is 0 Å². The molecule has 0 aromatic carbocycles. The first-order valence-electron chi connectivity index (χ1n) is 2.61. The summed E-state index contributed by atoms with van der Waals surface area (Å²) in [6, 6.07) is 0. The number of nitrogens with zero attached hydrogens (tertiary/aromatic N) is 1. The molecular weight excluding hydrogens is 217 g/mol. The molecule has 3 heteroatoms. The molecule has 1 heterocycles. The van der Waals surface area contributed by atoms with Crippen molar-refractivity contribution in [1.82, 2.24) is 3.11 Å². The Hall–Kier alpha value is 0.650. The van der Waals surface area contributed by atoms with Crippen LogP contribution < -0.4 is 21.5 Å². The van der Waals surface area contributed by atoms with Crippen LogP contribution >= 0.6 is 0 Å². The van der Waals surface area contributed by atoms with Crippen LogP contribution in [0.1, 0.15) is 6.92 Å². The third-order valence-electron chi connectivity index (χ3n) is 1.26. The van der Waals surface area contributed by atoms with E-state index in [4.69, 9.17) is 0 Å². The standard InChI is InChI=1S/C5H11INO/c1-5(8)3-7(4-5)6-2/h8H,3-4H2,1-2H3/q-1. The molecular formula is C5H11INO-. The summed E-state index contributed by atoms with van der Waals surface area (Å²) in [6.07, 6.45) is 0. The summed E-state index contributed by atoms with van der Waals surface area (Å²) in [6.45, 7) is 3.69. The number of halogens is 1. The molecule has 1 fully saturated rings. The first kappa shape index (κ1) is 6.77. The molecule has 1 N–H and O–H groups in total. The van der Waals surface area contributed by atoms with Crippen LogP contribution in [0.5, 0.6) is 0 Å². The SMILES string of the molecule is C[I-]N1CC(C)(O)C1. The van der Waals surface area contributed by atoms with E-state index >= 15 is 0 Å². The van der Waals surface area contributed by atoms with E-state index in [1.165, 1.54) is 0 Å². The van der Waals surface area contributed by atoms with E-state index < -0.39 is 0 Å². The van der Waals surface area contributed by atoms with E-state index in [0.29, 0.717) is 0 Å². The fraction of sp³-hybridized carbons (Fsp3) is 1.00. The average Bonchev–Trinajstić information content (AvgIpc) is 1.60. The van der Waals surface area contributed by atoms with E-state index in [-0.39, 0.29) is 27.1 Å². The van der Waals surface area contributed by atoms with Gasteiger partial charge in [-0.25, -0.2) is 0 Å².